The molecule has 0 amide bonds. The molecule has 1 saturated carbocycles. The highest BCUT2D eigenvalue weighted by molar-refractivity contribution is 5.93. The van der Waals surface area contributed by atoms with E-state index >= 15 is 0 Å². The van der Waals surface area contributed by atoms with Gasteiger partial charge >= 0.3 is 0 Å². The van der Waals surface area contributed by atoms with Crippen LogP contribution in [-0.2, 0) is 0 Å². The fraction of sp³-hybridized carbons (Fsp3) is 0.600. The zero-order chi connectivity index (χ0) is 13.0. The van der Waals surface area contributed by atoms with E-state index in [1.165, 1.54) is 19.3 Å². The second-order valence-corrected chi connectivity index (χ2v) is 5.05. The van der Waals surface area contributed by atoms with Crippen molar-refractivity contribution in [1.82, 2.24) is 4.98 Å². The predicted octanol–water partition coefficient (Wildman–Crippen LogP) is 3.63. The summed E-state index contributed by atoms with van der Waals surface area (Å²) in [5.41, 5.74) is 0.637. The summed E-state index contributed by atoms with van der Waals surface area (Å²) in [6, 6.07) is 3.59. The average molecular weight is 247 g/mol. The summed E-state index contributed by atoms with van der Waals surface area (Å²) in [5, 5.41) is 0. The van der Waals surface area contributed by atoms with Gasteiger partial charge in [0.25, 0.3) is 0 Å². The van der Waals surface area contributed by atoms with Crippen molar-refractivity contribution < 1.29 is 9.53 Å². The Kier molecular flexibility index (Phi) is 4.34. The molecule has 0 N–H and O–H groups in total. The second-order valence-electron chi connectivity index (χ2n) is 5.05. The molecule has 1 aliphatic rings. The van der Waals surface area contributed by atoms with Crippen LogP contribution in [-0.4, -0.2) is 16.9 Å². The van der Waals surface area contributed by atoms with Crippen molar-refractivity contribution >= 4 is 5.78 Å². The van der Waals surface area contributed by atoms with Gasteiger partial charge in [-0.1, -0.05) is 13.3 Å². The number of pyridine rings is 1. The molecule has 1 aromatic heterocycles. The Balaban J connectivity index is 2.01. The summed E-state index contributed by atoms with van der Waals surface area (Å²) in [4.78, 5) is 15.4. The summed E-state index contributed by atoms with van der Waals surface area (Å²) < 4.78 is 5.97. The third-order valence-corrected chi connectivity index (χ3v) is 3.78. The van der Waals surface area contributed by atoms with Gasteiger partial charge in [-0.15, -0.1) is 0 Å². The van der Waals surface area contributed by atoms with Gasteiger partial charge in [0.1, 0.15) is 6.10 Å². The molecule has 0 saturated heterocycles. The van der Waals surface area contributed by atoms with E-state index in [2.05, 4.69) is 11.9 Å². The number of Topliss-reactive ketones (excluding diaryl/α,β-unsaturated/α-hetero) is 1. The fourth-order valence-corrected chi connectivity index (χ4v) is 2.61. The normalized spacial score (nSPS) is 23.7. The first-order valence-corrected chi connectivity index (χ1v) is 6.84. The fourth-order valence-electron chi connectivity index (χ4n) is 2.61. The number of carbonyl (C=O) groups excluding carboxylic acids is 1. The SMILES string of the molecule is CCC1CCCCC1Oc1ccc(C(C)=O)cn1. The van der Waals surface area contributed by atoms with E-state index in [1.54, 1.807) is 25.3 Å². The van der Waals surface area contributed by atoms with Gasteiger partial charge < -0.3 is 4.74 Å². The molecule has 1 aromatic rings. The van der Waals surface area contributed by atoms with Crippen LogP contribution in [0, 0.1) is 5.92 Å². The summed E-state index contributed by atoms with van der Waals surface area (Å²) in [5.74, 6) is 1.33. The minimum absolute atomic E-state index is 0.0400. The Morgan fingerprint density at radius 3 is 2.78 bits per heavy atom. The summed E-state index contributed by atoms with van der Waals surface area (Å²) >= 11 is 0. The van der Waals surface area contributed by atoms with Crippen molar-refractivity contribution in [1.29, 1.82) is 0 Å². The molecule has 2 atom stereocenters. The predicted molar refractivity (Wildman–Crippen MR) is 70.9 cm³/mol. The van der Waals surface area contributed by atoms with Crippen LogP contribution in [0.3, 0.4) is 0 Å². The van der Waals surface area contributed by atoms with Crippen LogP contribution in [0.1, 0.15) is 56.3 Å². The quantitative estimate of drug-likeness (QED) is 0.763. The molecular weight excluding hydrogens is 226 g/mol. The van der Waals surface area contributed by atoms with E-state index in [4.69, 9.17) is 4.74 Å². The number of rotatable bonds is 4. The molecular formula is C15H21NO2. The highest BCUT2D eigenvalue weighted by atomic mass is 16.5. The monoisotopic (exact) mass is 247 g/mol. The van der Waals surface area contributed by atoms with Crippen LogP contribution in [0.15, 0.2) is 18.3 Å². The van der Waals surface area contributed by atoms with Crippen LogP contribution in [0.4, 0.5) is 0 Å². The van der Waals surface area contributed by atoms with E-state index in [0.717, 1.165) is 12.8 Å². The molecule has 1 aliphatic carbocycles. The molecule has 3 heteroatoms. The summed E-state index contributed by atoms with van der Waals surface area (Å²) in [7, 11) is 0. The molecule has 0 radical (unpaired) electrons. The van der Waals surface area contributed by atoms with Gasteiger partial charge in [0.05, 0.1) is 0 Å². The molecule has 98 valence electrons. The first-order valence-electron chi connectivity index (χ1n) is 6.84. The lowest BCUT2D eigenvalue weighted by Crippen LogP contribution is -2.30. The summed E-state index contributed by atoms with van der Waals surface area (Å²) in [6.45, 7) is 3.77. The van der Waals surface area contributed by atoms with Crippen LogP contribution >= 0.6 is 0 Å². The van der Waals surface area contributed by atoms with Gasteiger partial charge in [0.2, 0.25) is 5.88 Å². The van der Waals surface area contributed by atoms with E-state index in [-0.39, 0.29) is 5.78 Å². The van der Waals surface area contributed by atoms with E-state index in [9.17, 15) is 4.79 Å². The van der Waals surface area contributed by atoms with Crippen molar-refractivity contribution in [3.63, 3.8) is 0 Å². The topological polar surface area (TPSA) is 39.2 Å². The van der Waals surface area contributed by atoms with Gasteiger partial charge in [-0.3, -0.25) is 4.79 Å². The van der Waals surface area contributed by atoms with Crippen molar-refractivity contribution in [3.8, 4) is 5.88 Å². The maximum Gasteiger partial charge on any atom is 0.213 e. The number of ketones is 1. The van der Waals surface area contributed by atoms with Crippen molar-refractivity contribution in [2.24, 2.45) is 5.92 Å². The van der Waals surface area contributed by atoms with Gasteiger partial charge in [-0.2, -0.15) is 0 Å². The van der Waals surface area contributed by atoms with Gasteiger partial charge in [-0.25, -0.2) is 4.98 Å². The number of carbonyl (C=O) groups is 1. The third-order valence-electron chi connectivity index (χ3n) is 3.78. The number of hydrogen-bond acceptors (Lipinski definition) is 3. The molecule has 1 fully saturated rings. The molecule has 1 heterocycles. The van der Waals surface area contributed by atoms with Crippen molar-refractivity contribution in [2.75, 3.05) is 0 Å². The first kappa shape index (κ1) is 13.1. The van der Waals surface area contributed by atoms with E-state index in [0.29, 0.717) is 23.5 Å². The Labute approximate surface area is 109 Å². The second kappa shape index (κ2) is 5.98. The number of ether oxygens (including phenoxy) is 1. The molecule has 2 unspecified atom stereocenters. The lowest BCUT2D eigenvalue weighted by molar-refractivity contribution is 0.0858. The standard InChI is InChI=1S/C15H21NO2/c1-3-12-6-4-5-7-14(12)18-15-9-8-13(10-16-15)11(2)17/h8-10,12,14H,3-7H2,1-2H3. The van der Waals surface area contributed by atoms with Gasteiger partial charge in [0, 0.05) is 17.8 Å². The maximum atomic E-state index is 11.2. The van der Waals surface area contributed by atoms with Crippen LogP contribution in [0.5, 0.6) is 5.88 Å². The molecule has 18 heavy (non-hydrogen) atoms. The maximum absolute atomic E-state index is 11.2. The van der Waals surface area contributed by atoms with E-state index < -0.39 is 0 Å². The highest BCUT2D eigenvalue weighted by Gasteiger charge is 2.25. The van der Waals surface area contributed by atoms with Gasteiger partial charge in [0.15, 0.2) is 5.78 Å². The van der Waals surface area contributed by atoms with Gasteiger partial charge in [-0.05, 0) is 44.6 Å². The highest BCUT2D eigenvalue weighted by Crippen LogP contribution is 2.29. The number of hydrogen-bond donors (Lipinski definition) is 0. The zero-order valence-electron chi connectivity index (χ0n) is 11.2. The molecule has 0 bridgehead atoms. The van der Waals surface area contributed by atoms with Crippen molar-refractivity contribution in [3.05, 3.63) is 23.9 Å². The lowest BCUT2D eigenvalue weighted by atomic mass is 9.85. The molecule has 0 aliphatic heterocycles. The molecule has 3 nitrogen and oxygen atoms in total. The Morgan fingerprint density at radius 1 is 1.39 bits per heavy atom. The largest absolute Gasteiger partial charge is 0.474 e. The van der Waals surface area contributed by atoms with Crippen LogP contribution < -0.4 is 4.74 Å². The Hall–Kier alpha value is -1.38. The van der Waals surface area contributed by atoms with Crippen molar-refractivity contribution in [2.45, 2.75) is 52.1 Å². The third kappa shape index (κ3) is 3.09. The molecule has 0 spiro atoms. The lowest BCUT2D eigenvalue weighted by Gasteiger charge is -2.30. The first-order chi connectivity index (χ1) is 8.70. The summed E-state index contributed by atoms with van der Waals surface area (Å²) in [6.07, 6.45) is 7.99. The molecule has 0 aromatic carbocycles. The number of nitrogens with zero attached hydrogens (tertiary/aromatic N) is 1. The smallest absolute Gasteiger partial charge is 0.213 e. The minimum Gasteiger partial charge on any atom is -0.474 e. The minimum atomic E-state index is 0.0400. The zero-order valence-corrected chi connectivity index (χ0v) is 11.2. The van der Waals surface area contributed by atoms with Crippen LogP contribution in [0.25, 0.3) is 0 Å². The van der Waals surface area contributed by atoms with E-state index in [1.807, 2.05) is 0 Å². The molecule has 2 rings (SSSR count). The Bertz CT molecular complexity index is 399. The Morgan fingerprint density at radius 2 is 2.17 bits per heavy atom. The number of aromatic nitrogens is 1. The van der Waals surface area contributed by atoms with Crippen LogP contribution in [0.2, 0.25) is 0 Å². The average Bonchev–Trinajstić information content (AvgIpc) is 2.40.